The Morgan fingerprint density at radius 3 is 2.33 bits per heavy atom. The molecule has 0 saturated carbocycles. The number of halogens is 1. The normalized spacial score (nSPS) is 11.3. The van der Waals surface area contributed by atoms with Crippen molar-refractivity contribution in [1.82, 2.24) is 0 Å². The highest BCUT2D eigenvalue weighted by Crippen LogP contribution is 2.22. The highest BCUT2D eigenvalue weighted by molar-refractivity contribution is 6.33. The van der Waals surface area contributed by atoms with Crippen LogP contribution in [0, 0.1) is 0 Å². The molecule has 0 unspecified atom stereocenters. The van der Waals surface area contributed by atoms with Crippen molar-refractivity contribution in [1.29, 1.82) is 0 Å². The van der Waals surface area contributed by atoms with Gasteiger partial charge in [0.1, 0.15) is 6.29 Å². The van der Waals surface area contributed by atoms with E-state index in [9.17, 15) is 4.79 Å². The van der Waals surface area contributed by atoms with Gasteiger partial charge in [-0.2, -0.15) is 0 Å². The zero-order valence-electron chi connectivity index (χ0n) is 9.84. The van der Waals surface area contributed by atoms with Crippen LogP contribution in [0.5, 0.6) is 0 Å². The Morgan fingerprint density at radius 1 is 1.00 bits per heavy atom. The number of carbonyl (C=O) groups excluding carboxylic acids is 1. The summed E-state index contributed by atoms with van der Waals surface area (Å²) in [5.41, 5.74) is 2.58. The number of allylic oxidation sites excluding steroid dienone is 2. The average molecular weight is 257 g/mol. The summed E-state index contributed by atoms with van der Waals surface area (Å²) in [6.07, 6.45) is 3.48. The second-order valence-corrected chi connectivity index (χ2v) is 4.35. The fraction of sp³-hybridized carbons (Fsp3) is 0.0625. The van der Waals surface area contributed by atoms with Crippen LogP contribution in [0.3, 0.4) is 0 Å². The zero-order valence-corrected chi connectivity index (χ0v) is 10.6. The smallest absolute Gasteiger partial charge is 0.150 e. The molecular weight excluding hydrogens is 244 g/mol. The molecule has 0 saturated heterocycles. The minimum absolute atomic E-state index is 0.601. The molecule has 0 aromatic heterocycles. The monoisotopic (exact) mass is 256 g/mol. The second-order valence-electron chi connectivity index (χ2n) is 3.95. The summed E-state index contributed by atoms with van der Waals surface area (Å²) in [6, 6.07) is 17.4. The van der Waals surface area contributed by atoms with E-state index in [2.05, 4.69) is 0 Å². The molecule has 0 heterocycles. The van der Waals surface area contributed by atoms with Gasteiger partial charge in [-0.1, -0.05) is 66.2 Å². The number of aldehydes is 1. The van der Waals surface area contributed by atoms with Crippen molar-refractivity contribution in [3.05, 3.63) is 76.8 Å². The molecule has 0 bridgehead atoms. The number of hydrogen-bond acceptors (Lipinski definition) is 1. The molecule has 18 heavy (non-hydrogen) atoms. The van der Waals surface area contributed by atoms with Crippen LogP contribution in [0.15, 0.2) is 60.7 Å². The molecule has 2 heteroatoms. The summed E-state index contributed by atoms with van der Waals surface area (Å²) in [5.74, 6) is 0. The first-order valence-electron chi connectivity index (χ1n) is 5.75. The molecule has 0 aliphatic carbocycles. The van der Waals surface area contributed by atoms with E-state index >= 15 is 0 Å². The Kier molecular flexibility index (Phi) is 4.32. The molecule has 0 N–H and O–H groups in total. The largest absolute Gasteiger partial charge is 0.298 e. The van der Waals surface area contributed by atoms with Gasteiger partial charge in [0.25, 0.3) is 0 Å². The Morgan fingerprint density at radius 2 is 1.67 bits per heavy atom. The highest BCUT2D eigenvalue weighted by Gasteiger charge is 2.04. The van der Waals surface area contributed by atoms with Crippen LogP contribution < -0.4 is 0 Å². The van der Waals surface area contributed by atoms with E-state index in [1.807, 2.05) is 54.6 Å². The minimum Gasteiger partial charge on any atom is -0.298 e. The SMILES string of the molecule is O=CC(=CCc1ccccc1)c1ccccc1Cl. The van der Waals surface area contributed by atoms with Crippen LogP contribution in [0.25, 0.3) is 5.57 Å². The minimum atomic E-state index is 0.601. The maximum atomic E-state index is 11.2. The third-order valence-electron chi connectivity index (χ3n) is 2.71. The first-order valence-corrected chi connectivity index (χ1v) is 6.13. The molecule has 2 aromatic rings. The Hall–Kier alpha value is -1.86. The quantitative estimate of drug-likeness (QED) is 0.593. The van der Waals surface area contributed by atoms with Crippen molar-refractivity contribution in [3.63, 3.8) is 0 Å². The van der Waals surface area contributed by atoms with Gasteiger partial charge in [0.2, 0.25) is 0 Å². The van der Waals surface area contributed by atoms with Gasteiger partial charge in [-0.3, -0.25) is 4.79 Å². The van der Waals surface area contributed by atoms with Gasteiger partial charge in [-0.05, 0) is 18.1 Å². The van der Waals surface area contributed by atoms with Crippen LogP contribution in [-0.2, 0) is 11.2 Å². The molecule has 0 atom stereocenters. The number of carbonyl (C=O) groups is 1. The average Bonchev–Trinajstić information content (AvgIpc) is 2.42. The molecular formula is C16H13ClO. The summed E-state index contributed by atoms with van der Waals surface area (Å²) in [5, 5.41) is 0.601. The Labute approximate surface area is 112 Å². The van der Waals surface area contributed by atoms with Crippen molar-refractivity contribution in [2.75, 3.05) is 0 Å². The van der Waals surface area contributed by atoms with Gasteiger partial charge >= 0.3 is 0 Å². The molecule has 0 radical (unpaired) electrons. The lowest BCUT2D eigenvalue weighted by Gasteiger charge is -2.03. The van der Waals surface area contributed by atoms with E-state index in [1.54, 1.807) is 6.07 Å². The second kappa shape index (κ2) is 6.18. The van der Waals surface area contributed by atoms with E-state index < -0.39 is 0 Å². The van der Waals surface area contributed by atoms with Gasteiger partial charge in [0.05, 0.1) is 0 Å². The summed E-state index contributed by atoms with van der Waals surface area (Å²) in [7, 11) is 0. The van der Waals surface area contributed by atoms with Crippen LogP contribution in [0.2, 0.25) is 5.02 Å². The predicted octanol–water partition coefficient (Wildman–Crippen LogP) is 4.17. The zero-order chi connectivity index (χ0) is 12.8. The van der Waals surface area contributed by atoms with Crippen molar-refractivity contribution in [3.8, 4) is 0 Å². The lowest BCUT2D eigenvalue weighted by Crippen LogP contribution is -1.89. The van der Waals surface area contributed by atoms with Crippen LogP contribution in [0.1, 0.15) is 11.1 Å². The van der Waals surface area contributed by atoms with E-state index in [0.29, 0.717) is 10.6 Å². The summed E-state index contributed by atoms with van der Waals surface area (Å²) >= 11 is 6.08. The van der Waals surface area contributed by atoms with Gasteiger partial charge in [0.15, 0.2) is 0 Å². The first kappa shape index (κ1) is 12.6. The predicted molar refractivity (Wildman–Crippen MR) is 75.6 cm³/mol. The van der Waals surface area contributed by atoms with E-state index in [0.717, 1.165) is 18.3 Å². The molecule has 0 aliphatic heterocycles. The topological polar surface area (TPSA) is 17.1 Å². The molecule has 0 amide bonds. The Bertz CT molecular complexity index is 558. The molecule has 2 rings (SSSR count). The van der Waals surface area contributed by atoms with Crippen LogP contribution >= 0.6 is 11.6 Å². The van der Waals surface area contributed by atoms with Crippen molar-refractivity contribution in [2.24, 2.45) is 0 Å². The fourth-order valence-corrected chi connectivity index (χ4v) is 2.00. The van der Waals surface area contributed by atoms with E-state index in [1.165, 1.54) is 5.56 Å². The standard InChI is InChI=1S/C16H13ClO/c17-16-9-5-4-8-15(16)14(12-18)11-10-13-6-2-1-3-7-13/h1-9,11-12H,10H2. The summed E-state index contributed by atoms with van der Waals surface area (Å²) in [6.45, 7) is 0. The van der Waals surface area contributed by atoms with Gasteiger partial charge in [-0.25, -0.2) is 0 Å². The van der Waals surface area contributed by atoms with Gasteiger partial charge in [-0.15, -0.1) is 0 Å². The molecule has 0 aliphatic rings. The fourth-order valence-electron chi connectivity index (χ4n) is 1.76. The summed E-state index contributed by atoms with van der Waals surface area (Å²) in [4.78, 5) is 11.2. The molecule has 1 nitrogen and oxygen atoms in total. The molecule has 0 fully saturated rings. The number of rotatable bonds is 4. The third kappa shape index (κ3) is 3.08. The molecule has 2 aromatic carbocycles. The van der Waals surface area contributed by atoms with Crippen molar-refractivity contribution >= 4 is 23.5 Å². The lowest BCUT2D eigenvalue weighted by atomic mass is 10.0. The number of benzene rings is 2. The van der Waals surface area contributed by atoms with Gasteiger partial charge < -0.3 is 0 Å². The summed E-state index contributed by atoms with van der Waals surface area (Å²) < 4.78 is 0. The number of hydrogen-bond donors (Lipinski definition) is 0. The Balaban J connectivity index is 2.24. The van der Waals surface area contributed by atoms with E-state index in [4.69, 9.17) is 11.6 Å². The van der Waals surface area contributed by atoms with Crippen molar-refractivity contribution in [2.45, 2.75) is 6.42 Å². The maximum Gasteiger partial charge on any atom is 0.150 e. The molecule has 0 spiro atoms. The highest BCUT2D eigenvalue weighted by atomic mass is 35.5. The molecule has 90 valence electrons. The third-order valence-corrected chi connectivity index (χ3v) is 3.04. The van der Waals surface area contributed by atoms with E-state index in [-0.39, 0.29) is 0 Å². The first-order chi connectivity index (χ1) is 8.81. The van der Waals surface area contributed by atoms with Gasteiger partial charge in [0, 0.05) is 16.2 Å². The van der Waals surface area contributed by atoms with Crippen LogP contribution in [-0.4, -0.2) is 6.29 Å². The lowest BCUT2D eigenvalue weighted by molar-refractivity contribution is -0.103. The van der Waals surface area contributed by atoms with Crippen molar-refractivity contribution < 1.29 is 4.79 Å². The van der Waals surface area contributed by atoms with Crippen LogP contribution in [0.4, 0.5) is 0 Å². The maximum absolute atomic E-state index is 11.2.